The van der Waals surface area contributed by atoms with Gasteiger partial charge < -0.3 is 9.64 Å². The van der Waals surface area contributed by atoms with Gasteiger partial charge in [0.1, 0.15) is 0 Å². The van der Waals surface area contributed by atoms with E-state index in [1.807, 2.05) is 13.0 Å². The van der Waals surface area contributed by atoms with Crippen LogP contribution in [-0.2, 0) is 9.53 Å². The van der Waals surface area contributed by atoms with E-state index in [0.29, 0.717) is 12.2 Å². The Morgan fingerprint density at radius 3 is 2.84 bits per heavy atom. The molecule has 2 heterocycles. The molecule has 1 aromatic rings. The van der Waals surface area contributed by atoms with Crippen molar-refractivity contribution in [1.29, 1.82) is 0 Å². The van der Waals surface area contributed by atoms with E-state index in [2.05, 4.69) is 9.88 Å². The first-order valence-electron chi connectivity index (χ1n) is 6.56. The summed E-state index contributed by atoms with van der Waals surface area (Å²) in [6, 6.07) is 1.82. The number of hydrogen-bond acceptors (Lipinski definition) is 5. The average Bonchev–Trinajstić information content (AvgIpc) is 2.48. The molecule has 1 aromatic heterocycles. The molecule has 0 atom stereocenters. The van der Waals surface area contributed by atoms with Crippen LogP contribution >= 0.6 is 0 Å². The molecule has 19 heavy (non-hydrogen) atoms. The molecular weight excluding hydrogens is 244 g/mol. The molecular formula is C14H18N2O3. The van der Waals surface area contributed by atoms with Crippen molar-refractivity contribution in [3.63, 3.8) is 0 Å². The van der Waals surface area contributed by atoms with Crippen LogP contribution in [0.3, 0.4) is 0 Å². The number of hydrogen-bond donors (Lipinski definition) is 0. The summed E-state index contributed by atoms with van der Waals surface area (Å²) in [6.07, 6.45) is 5.65. The van der Waals surface area contributed by atoms with Crippen LogP contribution in [0.4, 0.5) is 5.69 Å². The fourth-order valence-corrected chi connectivity index (χ4v) is 2.32. The first-order valence-corrected chi connectivity index (χ1v) is 6.56. The highest BCUT2D eigenvalue weighted by Crippen LogP contribution is 2.23. The Bertz CT molecular complexity index is 454. The molecule has 5 nitrogen and oxygen atoms in total. The van der Waals surface area contributed by atoms with Crippen molar-refractivity contribution in [2.45, 2.75) is 19.8 Å². The van der Waals surface area contributed by atoms with Crippen molar-refractivity contribution in [2.75, 3.05) is 24.6 Å². The summed E-state index contributed by atoms with van der Waals surface area (Å²) in [4.78, 5) is 28.6. The van der Waals surface area contributed by atoms with Crippen LogP contribution in [0.1, 0.15) is 30.1 Å². The van der Waals surface area contributed by atoms with Gasteiger partial charge in [0.25, 0.3) is 0 Å². The molecule has 0 bridgehead atoms. The third-order valence-corrected chi connectivity index (χ3v) is 3.36. The fourth-order valence-electron chi connectivity index (χ4n) is 2.32. The lowest BCUT2D eigenvalue weighted by atomic mass is 9.96. The minimum absolute atomic E-state index is 0.00147. The largest absolute Gasteiger partial charge is 0.466 e. The summed E-state index contributed by atoms with van der Waals surface area (Å²) in [6.45, 7) is 3.83. The molecule has 1 aliphatic heterocycles. The van der Waals surface area contributed by atoms with Crippen LogP contribution in [-0.4, -0.2) is 36.9 Å². The molecule has 5 heteroatoms. The maximum atomic E-state index is 11.6. The zero-order valence-electron chi connectivity index (χ0n) is 11.0. The van der Waals surface area contributed by atoms with Gasteiger partial charge in [0.05, 0.1) is 24.4 Å². The smallest absolute Gasteiger partial charge is 0.309 e. The number of rotatable bonds is 4. The minimum atomic E-state index is -0.0954. The molecule has 0 radical (unpaired) electrons. The second-order valence-corrected chi connectivity index (χ2v) is 4.61. The molecule has 102 valence electrons. The summed E-state index contributed by atoms with van der Waals surface area (Å²) < 4.78 is 5.04. The monoisotopic (exact) mass is 262 g/mol. The Kier molecular flexibility index (Phi) is 4.49. The first-order chi connectivity index (χ1) is 9.24. The lowest BCUT2D eigenvalue weighted by Gasteiger charge is -2.32. The maximum absolute atomic E-state index is 11.6. The second kappa shape index (κ2) is 6.31. The van der Waals surface area contributed by atoms with Crippen molar-refractivity contribution in [3.05, 3.63) is 24.0 Å². The molecule has 1 fully saturated rings. The number of anilines is 1. The van der Waals surface area contributed by atoms with E-state index in [1.54, 1.807) is 12.4 Å². The Morgan fingerprint density at radius 1 is 1.47 bits per heavy atom. The fraction of sp³-hybridized carbons (Fsp3) is 0.500. The highest BCUT2D eigenvalue weighted by molar-refractivity contribution is 5.76. The number of pyridine rings is 1. The van der Waals surface area contributed by atoms with Gasteiger partial charge in [0.15, 0.2) is 6.29 Å². The summed E-state index contributed by atoms with van der Waals surface area (Å²) in [7, 11) is 0. The first kappa shape index (κ1) is 13.5. The SMILES string of the molecule is CCOC(=O)C1CCN(c2cncc(C=O)c2)CC1. The number of aromatic nitrogens is 1. The van der Waals surface area contributed by atoms with Crippen LogP contribution in [0.25, 0.3) is 0 Å². The maximum Gasteiger partial charge on any atom is 0.309 e. The van der Waals surface area contributed by atoms with Gasteiger partial charge in [-0.05, 0) is 25.8 Å². The van der Waals surface area contributed by atoms with Gasteiger partial charge >= 0.3 is 5.97 Å². The lowest BCUT2D eigenvalue weighted by molar-refractivity contribution is -0.148. The Balaban J connectivity index is 1.95. The van der Waals surface area contributed by atoms with Crippen molar-refractivity contribution in [1.82, 2.24) is 4.98 Å². The minimum Gasteiger partial charge on any atom is -0.466 e. The molecule has 0 saturated carbocycles. The van der Waals surface area contributed by atoms with Crippen molar-refractivity contribution in [2.24, 2.45) is 5.92 Å². The van der Waals surface area contributed by atoms with E-state index >= 15 is 0 Å². The number of piperidine rings is 1. The zero-order valence-corrected chi connectivity index (χ0v) is 11.0. The van der Waals surface area contributed by atoms with Gasteiger partial charge in [-0.1, -0.05) is 0 Å². The van der Waals surface area contributed by atoms with E-state index in [-0.39, 0.29) is 11.9 Å². The molecule has 0 aliphatic carbocycles. The Morgan fingerprint density at radius 2 is 2.21 bits per heavy atom. The Labute approximate surface area is 112 Å². The van der Waals surface area contributed by atoms with E-state index in [4.69, 9.17) is 4.74 Å². The molecule has 0 aromatic carbocycles. The van der Waals surface area contributed by atoms with Crippen LogP contribution in [0.2, 0.25) is 0 Å². The van der Waals surface area contributed by atoms with Crippen molar-refractivity contribution >= 4 is 17.9 Å². The van der Waals surface area contributed by atoms with Crippen LogP contribution < -0.4 is 4.90 Å². The predicted molar refractivity (Wildman–Crippen MR) is 71.2 cm³/mol. The number of carbonyl (C=O) groups excluding carboxylic acids is 2. The molecule has 0 spiro atoms. The summed E-state index contributed by atoms with van der Waals surface area (Å²) in [5, 5.41) is 0. The zero-order chi connectivity index (χ0) is 13.7. The average molecular weight is 262 g/mol. The normalized spacial score (nSPS) is 16.2. The Hall–Kier alpha value is -1.91. The number of aldehydes is 1. The third-order valence-electron chi connectivity index (χ3n) is 3.36. The van der Waals surface area contributed by atoms with Crippen LogP contribution in [0.15, 0.2) is 18.5 Å². The molecule has 0 unspecified atom stereocenters. The van der Waals surface area contributed by atoms with E-state index in [1.165, 1.54) is 0 Å². The number of ether oxygens (including phenoxy) is 1. The van der Waals surface area contributed by atoms with Gasteiger partial charge in [-0.25, -0.2) is 0 Å². The third kappa shape index (κ3) is 3.30. The van der Waals surface area contributed by atoms with Gasteiger partial charge in [0.2, 0.25) is 0 Å². The summed E-state index contributed by atoms with van der Waals surface area (Å²) in [5.41, 5.74) is 1.51. The number of nitrogens with zero attached hydrogens (tertiary/aromatic N) is 2. The second-order valence-electron chi connectivity index (χ2n) is 4.61. The van der Waals surface area contributed by atoms with Gasteiger partial charge in [-0.3, -0.25) is 14.6 Å². The van der Waals surface area contributed by atoms with E-state index < -0.39 is 0 Å². The number of esters is 1. The van der Waals surface area contributed by atoms with E-state index in [9.17, 15) is 9.59 Å². The quantitative estimate of drug-likeness (QED) is 0.610. The molecule has 0 N–H and O–H groups in total. The van der Waals surface area contributed by atoms with Crippen molar-refractivity contribution in [3.8, 4) is 0 Å². The van der Waals surface area contributed by atoms with Crippen LogP contribution in [0, 0.1) is 5.92 Å². The molecule has 1 saturated heterocycles. The molecule has 1 aliphatic rings. The van der Waals surface area contributed by atoms with Crippen LogP contribution in [0.5, 0.6) is 0 Å². The standard InChI is InChI=1S/C14H18N2O3/c1-2-19-14(18)12-3-5-16(6-4-12)13-7-11(10-17)8-15-9-13/h7-10,12H,2-6H2,1H3. The number of carbonyl (C=O) groups is 2. The highest BCUT2D eigenvalue weighted by Gasteiger charge is 2.26. The van der Waals surface area contributed by atoms with Gasteiger partial charge in [-0.2, -0.15) is 0 Å². The van der Waals surface area contributed by atoms with Crippen molar-refractivity contribution < 1.29 is 14.3 Å². The van der Waals surface area contributed by atoms with Gasteiger partial charge in [-0.15, -0.1) is 0 Å². The predicted octanol–water partition coefficient (Wildman–Crippen LogP) is 1.67. The molecule has 2 rings (SSSR count). The van der Waals surface area contributed by atoms with Gasteiger partial charge in [0, 0.05) is 24.8 Å². The van der Waals surface area contributed by atoms with E-state index in [0.717, 1.165) is 37.9 Å². The summed E-state index contributed by atoms with van der Waals surface area (Å²) in [5.74, 6) is -0.0969. The summed E-state index contributed by atoms with van der Waals surface area (Å²) >= 11 is 0. The molecule has 0 amide bonds. The lowest BCUT2D eigenvalue weighted by Crippen LogP contribution is -2.37. The topological polar surface area (TPSA) is 59.5 Å². The highest BCUT2D eigenvalue weighted by atomic mass is 16.5.